The van der Waals surface area contributed by atoms with Gasteiger partial charge >= 0.3 is 12.1 Å². The first kappa shape index (κ1) is 16.0. The predicted molar refractivity (Wildman–Crippen MR) is 75.2 cm³/mol. The summed E-state index contributed by atoms with van der Waals surface area (Å²) in [6.45, 7) is 1.25. The second-order valence-electron chi connectivity index (χ2n) is 5.68. The summed E-state index contributed by atoms with van der Waals surface area (Å²) in [5.74, 6) is -1.49. The van der Waals surface area contributed by atoms with Crippen LogP contribution in [0.4, 0.5) is 18.3 Å². The molecule has 23 heavy (non-hydrogen) atoms. The van der Waals surface area contributed by atoms with E-state index in [4.69, 9.17) is 5.11 Å². The summed E-state index contributed by atoms with van der Waals surface area (Å²) < 4.78 is 37.7. The maximum absolute atomic E-state index is 12.6. The molecule has 2 fully saturated rings. The van der Waals surface area contributed by atoms with Gasteiger partial charge in [0.2, 0.25) is 5.91 Å². The summed E-state index contributed by atoms with van der Waals surface area (Å²) in [5.41, 5.74) is -2.19. The Balaban J connectivity index is 1.62. The summed E-state index contributed by atoms with van der Waals surface area (Å²) in [6.07, 6.45) is -3.77. The second kappa shape index (κ2) is 5.36. The lowest BCUT2D eigenvalue weighted by molar-refractivity contribution is -0.153. The van der Waals surface area contributed by atoms with Crippen molar-refractivity contribution < 1.29 is 27.9 Å². The molecule has 2 aliphatic rings. The van der Waals surface area contributed by atoms with E-state index in [2.05, 4.69) is 4.98 Å². The zero-order valence-corrected chi connectivity index (χ0v) is 12.8. The number of amides is 1. The van der Waals surface area contributed by atoms with Gasteiger partial charge in [-0.05, 0) is 12.8 Å². The molecule has 2 heterocycles. The first-order chi connectivity index (χ1) is 10.7. The fourth-order valence-electron chi connectivity index (χ4n) is 2.59. The topological polar surface area (TPSA) is 73.7 Å². The standard InChI is InChI=1S/C13H14F3N3O3S/c14-13(15,16)8-7-23-11(17-8)19-5-3-18(4-6-19)9(20)12(1-2-12)10(21)22/h7H,1-6H2,(H,21,22). The molecule has 0 radical (unpaired) electrons. The largest absolute Gasteiger partial charge is 0.480 e. The van der Waals surface area contributed by atoms with Crippen molar-refractivity contribution in [2.45, 2.75) is 19.0 Å². The number of rotatable bonds is 3. The van der Waals surface area contributed by atoms with E-state index in [9.17, 15) is 22.8 Å². The van der Waals surface area contributed by atoms with E-state index in [1.165, 1.54) is 4.90 Å². The molecule has 1 aliphatic heterocycles. The van der Waals surface area contributed by atoms with Crippen molar-refractivity contribution in [1.29, 1.82) is 0 Å². The molecule has 1 N–H and O–H groups in total. The molecule has 1 aliphatic carbocycles. The molecule has 0 atom stereocenters. The van der Waals surface area contributed by atoms with Crippen LogP contribution in [0.15, 0.2) is 5.38 Å². The van der Waals surface area contributed by atoms with Crippen LogP contribution in [0, 0.1) is 5.41 Å². The summed E-state index contributed by atoms with van der Waals surface area (Å²) in [7, 11) is 0. The molecule has 1 amide bonds. The summed E-state index contributed by atoms with van der Waals surface area (Å²) in [4.78, 5) is 30.2. The number of anilines is 1. The first-order valence-corrected chi connectivity index (χ1v) is 7.92. The lowest BCUT2D eigenvalue weighted by Crippen LogP contribution is -2.52. The molecule has 0 spiro atoms. The van der Waals surface area contributed by atoms with Gasteiger partial charge in [-0.15, -0.1) is 11.3 Å². The molecule has 0 bridgehead atoms. The minimum Gasteiger partial charge on any atom is -0.480 e. The first-order valence-electron chi connectivity index (χ1n) is 7.04. The van der Waals surface area contributed by atoms with E-state index in [-0.39, 0.29) is 24.1 Å². The maximum Gasteiger partial charge on any atom is 0.434 e. The number of carbonyl (C=O) groups excluding carboxylic acids is 1. The van der Waals surface area contributed by atoms with Crippen LogP contribution >= 0.6 is 11.3 Å². The number of alkyl halides is 3. The number of carbonyl (C=O) groups is 2. The third kappa shape index (κ3) is 2.87. The van der Waals surface area contributed by atoms with Crippen molar-refractivity contribution in [2.24, 2.45) is 5.41 Å². The van der Waals surface area contributed by atoms with Crippen LogP contribution in [0.5, 0.6) is 0 Å². The molecule has 126 valence electrons. The predicted octanol–water partition coefficient (Wildman–Crippen LogP) is 1.68. The second-order valence-corrected chi connectivity index (χ2v) is 6.52. The molecule has 10 heteroatoms. The van der Waals surface area contributed by atoms with E-state index >= 15 is 0 Å². The van der Waals surface area contributed by atoms with Crippen LogP contribution in [-0.4, -0.2) is 53.0 Å². The highest BCUT2D eigenvalue weighted by Gasteiger charge is 2.58. The molecular weight excluding hydrogens is 335 g/mol. The van der Waals surface area contributed by atoms with Crippen molar-refractivity contribution in [3.8, 4) is 0 Å². The highest BCUT2D eigenvalue weighted by Crippen LogP contribution is 2.47. The average Bonchev–Trinajstić information content (AvgIpc) is 3.15. The molecular formula is C13H14F3N3O3S. The molecule has 1 saturated carbocycles. The Hall–Kier alpha value is -1.84. The van der Waals surface area contributed by atoms with E-state index in [0.717, 1.165) is 16.7 Å². The Bertz CT molecular complexity index is 634. The molecule has 6 nitrogen and oxygen atoms in total. The number of hydrogen-bond acceptors (Lipinski definition) is 5. The number of thiazole rings is 1. The van der Waals surface area contributed by atoms with Gasteiger partial charge in [-0.3, -0.25) is 9.59 Å². The van der Waals surface area contributed by atoms with Crippen LogP contribution in [-0.2, 0) is 15.8 Å². The molecule has 3 rings (SSSR count). The zero-order chi connectivity index (χ0) is 16.8. The van der Waals surface area contributed by atoms with Gasteiger partial charge in [0, 0.05) is 31.6 Å². The van der Waals surface area contributed by atoms with Crippen LogP contribution in [0.25, 0.3) is 0 Å². The van der Waals surface area contributed by atoms with E-state index in [1.54, 1.807) is 4.90 Å². The quantitative estimate of drug-likeness (QED) is 0.841. The van der Waals surface area contributed by atoms with E-state index in [1.807, 2.05) is 0 Å². The Labute approximate surface area is 133 Å². The number of hydrogen-bond donors (Lipinski definition) is 1. The van der Waals surface area contributed by atoms with Crippen LogP contribution in [0.3, 0.4) is 0 Å². The smallest absolute Gasteiger partial charge is 0.434 e. The van der Waals surface area contributed by atoms with Gasteiger partial charge in [0.25, 0.3) is 0 Å². The summed E-state index contributed by atoms with van der Waals surface area (Å²) in [6, 6.07) is 0. The third-order valence-corrected chi connectivity index (χ3v) is 5.09. The van der Waals surface area contributed by atoms with Crippen molar-refractivity contribution in [3.05, 3.63) is 11.1 Å². The molecule has 1 saturated heterocycles. The fraction of sp³-hybridized carbons (Fsp3) is 0.615. The van der Waals surface area contributed by atoms with E-state index in [0.29, 0.717) is 25.9 Å². The zero-order valence-electron chi connectivity index (χ0n) is 12.0. The third-order valence-electron chi connectivity index (χ3n) is 4.19. The van der Waals surface area contributed by atoms with Crippen molar-refractivity contribution in [2.75, 3.05) is 31.1 Å². The highest BCUT2D eigenvalue weighted by molar-refractivity contribution is 7.13. The highest BCUT2D eigenvalue weighted by atomic mass is 32.1. The Morgan fingerprint density at radius 1 is 1.22 bits per heavy atom. The number of piperazine rings is 1. The van der Waals surface area contributed by atoms with Gasteiger partial charge in [0.15, 0.2) is 10.8 Å². The van der Waals surface area contributed by atoms with Gasteiger partial charge in [-0.1, -0.05) is 0 Å². The molecule has 0 aromatic carbocycles. The molecule has 1 aromatic rings. The van der Waals surface area contributed by atoms with Crippen LogP contribution < -0.4 is 4.90 Å². The number of nitrogens with zero attached hydrogens (tertiary/aromatic N) is 3. The minimum absolute atomic E-state index is 0.267. The number of aromatic nitrogens is 1. The summed E-state index contributed by atoms with van der Waals surface area (Å²) >= 11 is 0.913. The number of halogens is 3. The average molecular weight is 349 g/mol. The SMILES string of the molecule is O=C(O)C1(C(=O)N2CCN(c3nc(C(F)(F)F)cs3)CC2)CC1. The van der Waals surface area contributed by atoms with Crippen LogP contribution in [0.2, 0.25) is 0 Å². The summed E-state index contributed by atoms with van der Waals surface area (Å²) in [5, 5.41) is 10.4. The molecule has 0 unspecified atom stereocenters. The van der Waals surface area contributed by atoms with Gasteiger partial charge in [-0.25, -0.2) is 4.98 Å². The van der Waals surface area contributed by atoms with Crippen molar-refractivity contribution in [3.63, 3.8) is 0 Å². The van der Waals surface area contributed by atoms with Crippen LogP contribution in [0.1, 0.15) is 18.5 Å². The monoisotopic (exact) mass is 349 g/mol. The van der Waals surface area contributed by atoms with Gasteiger partial charge in [-0.2, -0.15) is 13.2 Å². The molecule has 1 aromatic heterocycles. The fourth-order valence-corrected chi connectivity index (χ4v) is 3.47. The van der Waals surface area contributed by atoms with Gasteiger partial charge in [0.05, 0.1) is 0 Å². The Morgan fingerprint density at radius 3 is 2.26 bits per heavy atom. The van der Waals surface area contributed by atoms with Gasteiger partial charge < -0.3 is 14.9 Å². The lowest BCUT2D eigenvalue weighted by Gasteiger charge is -2.35. The van der Waals surface area contributed by atoms with Gasteiger partial charge in [0.1, 0.15) is 5.41 Å². The normalized spacial score (nSPS) is 20.5. The maximum atomic E-state index is 12.6. The van der Waals surface area contributed by atoms with Crippen molar-refractivity contribution >= 4 is 28.3 Å². The number of aliphatic carboxylic acids is 1. The number of carboxylic acids is 1. The minimum atomic E-state index is -4.47. The van der Waals surface area contributed by atoms with Crippen molar-refractivity contribution in [1.82, 2.24) is 9.88 Å². The number of carboxylic acid groups (broad SMARTS) is 1. The Kier molecular flexibility index (Phi) is 3.74. The lowest BCUT2D eigenvalue weighted by atomic mass is 10.1. The Morgan fingerprint density at radius 2 is 1.83 bits per heavy atom. The van der Waals surface area contributed by atoms with E-state index < -0.39 is 23.3 Å².